The van der Waals surface area contributed by atoms with Gasteiger partial charge in [-0.3, -0.25) is 14.6 Å². The van der Waals surface area contributed by atoms with E-state index >= 15 is 0 Å². The highest BCUT2D eigenvalue weighted by Crippen LogP contribution is 2.22. The van der Waals surface area contributed by atoms with Crippen LogP contribution in [0.2, 0.25) is 4.34 Å². The SMILES string of the molecule is CC(C)N1CCN(CC(=O)c2ccc(Cl)s2)CC1. The molecular formula is C13H19ClN2OS. The van der Waals surface area contributed by atoms with Crippen LogP contribution in [-0.4, -0.2) is 54.3 Å². The maximum absolute atomic E-state index is 12.0. The monoisotopic (exact) mass is 286 g/mol. The number of nitrogens with zero attached hydrogens (tertiary/aromatic N) is 2. The summed E-state index contributed by atoms with van der Waals surface area (Å²) in [5.74, 6) is 0.185. The van der Waals surface area contributed by atoms with Gasteiger partial charge in [0.1, 0.15) is 0 Å². The van der Waals surface area contributed by atoms with Gasteiger partial charge in [0.25, 0.3) is 0 Å². The fourth-order valence-corrected chi connectivity index (χ4v) is 3.16. The highest BCUT2D eigenvalue weighted by atomic mass is 35.5. The Morgan fingerprint density at radius 3 is 2.50 bits per heavy atom. The van der Waals surface area contributed by atoms with E-state index < -0.39 is 0 Å². The molecule has 0 bridgehead atoms. The first-order valence-corrected chi connectivity index (χ1v) is 7.50. The van der Waals surface area contributed by atoms with Gasteiger partial charge in [-0.25, -0.2) is 0 Å². The molecule has 0 spiro atoms. The minimum atomic E-state index is 0.185. The Morgan fingerprint density at radius 1 is 1.33 bits per heavy atom. The summed E-state index contributed by atoms with van der Waals surface area (Å²) < 4.78 is 0.683. The molecule has 5 heteroatoms. The molecule has 1 aromatic heterocycles. The van der Waals surface area contributed by atoms with Crippen molar-refractivity contribution < 1.29 is 4.79 Å². The van der Waals surface area contributed by atoms with Crippen molar-refractivity contribution in [1.29, 1.82) is 0 Å². The molecule has 0 unspecified atom stereocenters. The maximum atomic E-state index is 12.0. The summed E-state index contributed by atoms with van der Waals surface area (Å²) in [5, 5.41) is 0. The Morgan fingerprint density at radius 2 is 2.00 bits per heavy atom. The zero-order valence-corrected chi connectivity index (χ0v) is 12.4. The quantitative estimate of drug-likeness (QED) is 0.795. The number of thiophene rings is 1. The molecule has 0 amide bonds. The number of carbonyl (C=O) groups excluding carboxylic acids is 1. The highest BCUT2D eigenvalue weighted by Gasteiger charge is 2.21. The van der Waals surface area contributed by atoms with Crippen LogP contribution in [0.1, 0.15) is 23.5 Å². The topological polar surface area (TPSA) is 23.6 Å². The van der Waals surface area contributed by atoms with Gasteiger partial charge in [0.05, 0.1) is 15.8 Å². The molecule has 0 aliphatic carbocycles. The Balaban J connectivity index is 1.83. The van der Waals surface area contributed by atoms with Gasteiger partial charge in [0.15, 0.2) is 5.78 Å². The molecule has 1 aliphatic heterocycles. The van der Waals surface area contributed by atoms with Crippen LogP contribution in [-0.2, 0) is 0 Å². The van der Waals surface area contributed by atoms with E-state index in [0.29, 0.717) is 16.9 Å². The van der Waals surface area contributed by atoms with Gasteiger partial charge < -0.3 is 0 Å². The Kier molecular flexibility index (Phi) is 4.78. The van der Waals surface area contributed by atoms with Crippen LogP contribution in [0.3, 0.4) is 0 Å². The maximum Gasteiger partial charge on any atom is 0.186 e. The number of piperazine rings is 1. The first kappa shape index (κ1) is 14.0. The minimum Gasteiger partial charge on any atom is -0.298 e. The molecule has 2 heterocycles. The van der Waals surface area contributed by atoms with Gasteiger partial charge in [-0.05, 0) is 26.0 Å². The average Bonchev–Trinajstić information content (AvgIpc) is 2.76. The van der Waals surface area contributed by atoms with Crippen molar-refractivity contribution in [1.82, 2.24) is 9.80 Å². The van der Waals surface area contributed by atoms with Crippen molar-refractivity contribution >= 4 is 28.7 Å². The summed E-state index contributed by atoms with van der Waals surface area (Å²) >= 11 is 7.22. The second-order valence-electron chi connectivity index (χ2n) is 4.93. The summed E-state index contributed by atoms with van der Waals surface area (Å²) in [7, 11) is 0. The zero-order chi connectivity index (χ0) is 13.1. The lowest BCUT2D eigenvalue weighted by Gasteiger charge is -2.36. The standard InChI is InChI=1S/C13H19ClN2OS/c1-10(2)16-7-5-15(6-8-16)9-11(17)12-3-4-13(14)18-12/h3-4,10H,5-9H2,1-2H3. The largest absolute Gasteiger partial charge is 0.298 e. The molecule has 1 fully saturated rings. The smallest absolute Gasteiger partial charge is 0.186 e. The molecule has 0 aromatic carbocycles. The number of halogens is 1. The Hall–Kier alpha value is -0.420. The van der Waals surface area contributed by atoms with Gasteiger partial charge >= 0.3 is 0 Å². The molecule has 100 valence electrons. The average molecular weight is 287 g/mol. The van der Waals surface area contributed by atoms with E-state index in [9.17, 15) is 4.79 Å². The van der Waals surface area contributed by atoms with E-state index in [1.54, 1.807) is 6.07 Å². The fraction of sp³-hybridized carbons (Fsp3) is 0.615. The second kappa shape index (κ2) is 6.15. The molecule has 18 heavy (non-hydrogen) atoms. The van der Waals surface area contributed by atoms with Crippen LogP contribution in [0, 0.1) is 0 Å². The van der Waals surface area contributed by atoms with Crippen LogP contribution >= 0.6 is 22.9 Å². The highest BCUT2D eigenvalue weighted by molar-refractivity contribution is 7.18. The number of rotatable bonds is 4. The third-order valence-electron chi connectivity index (χ3n) is 3.35. The van der Waals surface area contributed by atoms with Gasteiger partial charge in [0.2, 0.25) is 0 Å². The van der Waals surface area contributed by atoms with Gasteiger partial charge in [-0.15, -0.1) is 11.3 Å². The van der Waals surface area contributed by atoms with Gasteiger partial charge in [-0.2, -0.15) is 0 Å². The van der Waals surface area contributed by atoms with E-state index in [1.165, 1.54) is 11.3 Å². The van der Waals surface area contributed by atoms with Crippen molar-refractivity contribution in [2.75, 3.05) is 32.7 Å². The Labute approximate surface area is 117 Å². The minimum absolute atomic E-state index is 0.185. The molecule has 1 aromatic rings. The van der Waals surface area contributed by atoms with Crippen molar-refractivity contribution in [3.63, 3.8) is 0 Å². The summed E-state index contributed by atoms with van der Waals surface area (Å²) in [6.07, 6.45) is 0. The number of ketones is 1. The lowest BCUT2D eigenvalue weighted by Crippen LogP contribution is -2.49. The molecule has 0 radical (unpaired) electrons. The normalized spacial score (nSPS) is 18.4. The van der Waals surface area contributed by atoms with Crippen LogP contribution in [0.4, 0.5) is 0 Å². The molecule has 0 atom stereocenters. The van der Waals surface area contributed by atoms with Gasteiger partial charge in [-0.1, -0.05) is 11.6 Å². The summed E-state index contributed by atoms with van der Waals surface area (Å²) in [4.78, 5) is 17.5. The van der Waals surface area contributed by atoms with Crippen molar-refractivity contribution in [3.8, 4) is 0 Å². The molecule has 1 aliphatic rings. The van der Waals surface area contributed by atoms with E-state index in [2.05, 4.69) is 23.6 Å². The molecule has 0 saturated carbocycles. The van der Waals surface area contributed by atoms with Crippen LogP contribution in [0.25, 0.3) is 0 Å². The number of carbonyl (C=O) groups is 1. The molecule has 2 rings (SSSR count). The number of hydrogen-bond acceptors (Lipinski definition) is 4. The first-order valence-electron chi connectivity index (χ1n) is 6.31. The van der Waals surface area contributed by atoms with E-state index in [0.717, 1.165) is 31.1 Å². The van der Waals surface area contributed by atoms with Crippen molar-refractivity contribution in [3.05, 3.63) is 21.3 Å². The van der Waals surface area contributed by atoms with Gasteiger partial charge in [0, 0.05) is 32.2 Å². The summed E-state index contributed by atoms with van der Waals surface area (Å²) in [5.41, 5.74) is 0. The predicted octanol–water partition coefficient (Wildman–Crippen LogP) is 2.61. The number of Topliss-reactive ketones (excluding diaryl/α,β-unsaturated/α-hetero) is 1. The predicted molar refractivity (Wildman–Crippen MR) is 76.8 cm³/mol. The van der Waals surface area contributed by atoms with Crippen molar-refractivity contribution in [2.24, 2.45) is 0 Å². The van der Waals surface area contributed by atoms with E-state index in [4.69, 9.17) is 11.6 Å². The third-order valence-corrected chi connectivity index (χ3v) is 4.62. The molecule has 3 nitrogen and oxygen atoms in total. The van der Waals surface area contributed by atoms with Crippen LogP contribution < -0.4 is 0 Å². The molecule has 1 saturated heterocycles. The van der Waals surface area contributed by atoms with Crippen LogP contribution in [0.15, 0.2) is 12.1 Å². The van der Waals surface area contributed by atoms with E-state index in [-0.39, 0.29) is 5.78 Å². The third kappa shape index (κ3) is 3.54. The van der Waals surface area contributed by atoms with Crippen molar-refractivity contribution in [2.45, 2.75) is 19.9 Å². The lowest BCUT2D eigenvalue weighted by molar-refractivity contribution is 0.0810. The number of hydrogen-bond donors (Lipinski definition) is 0. The summed E-state index contributed by atoms with van der Waals surface area (Å²) in [6.45, 7) is 9.00. The zero-order valence-electron chi connectivity index (χ0n) is 10.9. The van der Waals surface area contributed by atoms with Crippen LogP contribution in [0.5, 0.6) is 0 Å². The second-order valence-corrected chi connectivity index (χ2v) is 6.65. The van der Waals surface area contributed by atoms with E-state index in [1.807, 2.05) is 6.07 Å². The Bertz CT molecular complexity index is 411. The molecule has 0 N–H and O–H groups in total. The fourth-order valence-electron chi connectivity index (χ4n) is 2.18. The summed E-state index contributed by atoms with van der Waals surface area (Å²) in [6, 6.07) is 4.20. The lowest BCUT2D eigenvalue weighted by atomic mass is 10.2. The molecular weight excluding hydrogens is 268 g/mol. The first-order chi connectivity index (χ1) is 8.56.